The summed E-state index contributed by atoms with van der Waals surface area (Å²) in [5.41, 5.74) is 0. The van der Waals surface area contributed by atoms with Gasteiger partial charge < -0.3 is 14.2 Å². The van der Waals surface area contributed by atoms with Gasteiger partial charge in [0.15, 0.2) is 0 Å². The maximum atomic E-state index is 12.2. The van der Waals surface area contributed by atoms with Crippen molar-refractivity contribution in [3.63, 3.8) is 0 Å². The van der Waals surface area contributed by atoms with Crippen molar-refractivity contribution >= 4 is 10.1 Å². The molecule has 0 N–H and O–H groups in total. The van der Waals surface area contributed by atoms with Crippen molar-refractivity contribution < 1.29 is 26.8 Å². The van der Waals surface area contributed by atoms with Crippen LogP contribution < -0.4 is 0 Å². The molecule has 0 spiro atoms. The van der Waals surface area contributed by atoms with E-state index in [-0.39, 0.29) is 23.7 Å². The van der Waals surface area contributed by atoms with Gasteiger partial charge in [0.1, 0.15) is 24.4 Å². The molecule has 2 heterocycles. The van der Waals surface area contributed by atoms with Crippen molar-refractivity contribution in [3.05, 3.63) is 30.3 Å². The van der Waals surface area contributed by atoms with Gasteiger partial charge in [-0.1, -0.05) is 18.2 Å². The predicted molar refractivity (Wildman–Crippen MR) is 68.8 cm³/mol. The lowest BCUT2D eigenvalue weighted by Gasteiger charge is -2.16. The fraction of sp³-hybridized carbons (Fsp3) is 0.538. The molecular formula is C13H16O6S. The van der Waals surface area contributed by atoms with Crippen molar-refractivity contribution in [1.82, 2.24) is 0 Å². The Bertz CT molecular complexity index is 557. The van der Waals surface area contributed by atoms with Gasteiger partial charge in [-0.2, -0.15) is 8.42 Å². The molecule has 1 aromatic rings. The molecule has 0 aliphatic carbocycles. The van der Waals surface area contributed by atoms with E-state index in [0.29, 0.717) is 6.61 Å². The maximum Gasteiger partial charge on any atom is 0.297 e. The van der Waals surface area contributed by atoms with Crippen LogP contribution in [0, 0.1) is 0 Å². The number of fused-ring (bicyclic) bond motifs is 1. The molecule has 0 bridgehead atoms. The van der Waals surface area contributed by atoms with Crippen molar-refractivity contribution in [2.75, 3.05) is 20.3 Å². The minimum absolute atomic E-state index is 0.129. The second kappa shape index (κ2) is 5.42. The lowest BCUT2D eigenvalue weighted by Crippen LogP contribution is -2.34. The van der Waals surface area contributed by atoms with Gasteiger partial charge in [0, 0.05) is 7.11 Å². The van der Waals surface area contributed by atoms with E-state index >= 15 is 0 Å². The van der Waals surface area contributed by atoms with E-state index in [0.717, 1.165) is 0 Å². The van der Waals surface area contributed by atoms with Gasteiger partial charge in [0.05, 0.1) is 18.1 Å². The number of hydrogen-bond acceptors (Lipinski definition) is 6. The van der Waals surface area contributed by atoms with Gasteiger partial charge in [-0.15, -0.1) is 0 Å². The Balaban J connectivity index is 1.73. The standard InChI is InChI=1S/C13H16O6S/c1-16-10-7-17-13-11(8-18-12(10)13)19-20(14,15)9-5-3-2-4-6-9/h2-6,10-13H,7-8H2,1H3/t10-,11+,12-,13-/m1/s1. The molecule has 0 saturated carbocycles. The van der Waals surface area contributed by atoms with E-state index in [2.05, 4.69) is 0 Å². The van der Waals surface area contributed by atoms with Crippen LogP contribution in [-0.4, -0.2) is 53.2 Å². The van der Waals surface area contributed by atoms with Crippen LogP contribution in [0.3, 0.4) is 0 Å². The largest absolute Gasteiger partial charge is 0.376 e. The number of hydrogen-bond donors (Lipinski definition) is 0. The summed E-state index contributed by atoms with van der Waals surface area (Å²) in [5, 5.41) is 0. The Morgan fingerprint density at radius 2 is 1.65 bits per heavy atom. The summed E-state index contributed by atoms with van der Waals surface area (Å²) >= 11 is 0. The number of methoxy groups -OCH3 is 1. The second-order valence-electron chi connectivity index (χ2n) is 4.77. The molecule has 3 rings (SSSR count). The van der Waals surface area contributed by atoms with Crippen LogP contribution in [0.5, 0.6) is 0 Å². The van der Waals surface area contributed by atoms with Crippen molar-refractivity contribution in [3.8, 4) is 0 Å². The van der Waals surface area contributed by atoms with E-state index in [1.807, 2.05) is 0 Å². The van der Waals surface area contributed by atoms with Crippen molar-refractivity contribution in [2.24, 2.45) is 0 Å². The summed E-state index contributed by atoms with van der Waals surface area (Å²) in [6.45, 7) is 0.568. The van der Waals surface area contributed by atoms with E-state index in [1.54, 1.807) is 25.3 Å². The zero-order valence-corrected chi connectivity index (χ0v) is 11.8. The SMILES string of the molecule is CO[C@@H]1CO[C@H]2[C@@H]1OC[C@@H]2OS(=O)(=O)c1ccccc1. The Hall–Kier alpha value is -0.990. The Morgan fingerprint density at radius 3 is 2.30 bits per heavy atom. The van der Waals surface area contributed by atoms with Crippen LogP contribution in [0.4, 0.5) is 0 Å². The molecule has 0 radical (unpaired) electrons. The fourth-order valence-electron chi connectivity index (χ4n) is 2.52. The van der Waals surface area contributed by atoms with Crippen LogP contribution in [0.15, 0.2) is 35.2 Å². The highest BCUT2D eigenvalue weighted by Crippen LogP contribution is 2.31. The molecule has 2 aliphatic heterocycles. The Labute approximate surface area is 117 Å². The summed E-state index contributed by atoms with van der Waals surface area (Å²) in [5.74, 6) is 0. The number of ether oxygens (including phenoxy) is 3. The van der Waals surface area contributed by atoms with Gasteiger partial charge in [-0.25, -0.2) is 0 Å². The minimum Gasteiger partial charge on any atom is -0.376 e. The molecule has 20 heavy (non-hydrogen) atoms. The zero-order valence-electron chi connectivity index (χ0n) is 11.0. The molecule has 110 valence electrons. The normalized spacial score (nSPS) is 33.2. The first-order chi connectivity index (χ1) is 9.62. The average Bonchev–Trinajstić information content (AvgIpc) is 3.02. The topological polar surface area (TPSA) is 71.1 Å². The third-order valence-electron chi connectivity index (χ3n) is 3.55. The van der Waals surface area contributed by atoms with E-state index in [4.69, 9.17) is 18.4 Å². The lowest BCUT2D eigenvalue weighted by atomic mass is 10.1. The van der Waals surface area contributed by atoms with Gasteiger partial charge in [-0.3, -0.25) is 4.18 Å². The van der Waals surface area contributed by atoms with E-state index in [1.165, 1.54) is 12.1 Å². The summed E-state index contributed by atoms with van der Waals surface area (Å²) in [4.78, 5) is 0.129. The third-order valence-corrected chi connectivity index (χ3v) is 4.90. The molecule has 2 saturated heterocycles. The first kappa shape index (κ1) is 14.0. The van der Waals surface area contributed by atoms with Gasteiger partial charge in [0.25, 0.3) is 10.1 Å². The van der Waals surface area contributed by atoms with Gasteiger partial charge >= 0.3 is 0 Å². The van der Waals surface area contributed by atoms with Crippen LogP contribution in [0.25, 0.3) is 0 Å². The van der Waals surface area contributed by atoms with Gasteiger partial charge in [-0.05, 0) is 12.1 Å². The van der Waals surface area contributed by atoms with Crippen molar-refractivity contribution in [1.29, 1.82) is 0 Å². The molecule has 1 aromatic carbocycles. The summed E-state index contributed by atoms with van der Waals surface area (Å²) < 4.78 is 45.9. The highest BCUT2D eigenvalue weighted by Gasteiger charge is 2.50. The molecule has 0 unspecified atom stereocenters. The molecule has 0 aromatic heterocycles. The van der Waals surface area contributed by atoms with Gasteiger partial charge in [0.2, 0.25) is 0 Å². The zero-order chi connectivity index (χ0) is 14.2. The summed E-state index contributed by atoms with van der Waals surface area (Å²) in [6, 6.07) is 8.04. The molecule has 0 amide bonds. The molecule has 2 aliphatic rings. The molecular weight excluding hydrogens is 284 g/mol. The molecule has 6 nitrogen and oxygen atoms in total. The van der Waals surface area contributed by atoms with E-state index in [9.17, 15) is 8.42 Å². The molecule has 2 fully saturated rings. The second-order valence-corrected chi connectivity index (χ2v) is 6.34. The monoisotopic (exact) mass is 300 g/mol. The minimum atomic E-state index is -3.81. The highest BCUT2D eigenvalue weighted by atomic mass is 32.2. The smallest absolute Gasteiger partial charge is 0.297 e. The molecule has 4 atom stereocenters. The quantitative estimate of drug-likeness (QED) is 0.757. The van der Waals surface area contributed by atoms with Crippen LogP contribution in [-0.2, 0) is 28.5 Å². The fourth-order valence-corrected chi connectivity index (χ4v) is 3.61. The van der Waals surface area contributed by atoms with Crippen molar-refractivity contribution in [2.45, 2.75) is 29.3 Å². The number of rotatable bonds is 4. The third kappa shape index (κ3) is 2.47. The first-order valence-electron chi connectivity index (χ1n) is 6.36. The van der Waals surface area contributed by atoms with Crippen LogP contribution in [0.2, 0.25) is 0 Å². The average molecular weight is 300 g/mol. The Morgan fingerprint density at radius 1 is 1.05 bits per heavy atom. The summed E-state index contributed by atoms with van der Waals surface area (Å²) in [6.07, 6.45) is -1.48. The predicted octanol–water partition coefficient (Wildman–Crippen LogP) is 0.573. The van der Waals surface area contributed by atoms with Crippen LogP contribution in [0.1, 0.15) is 0 Å². The number of benzene rings is 1. The summed E-state index contributed by atoms with van der Waals surface area (Å²) in [7, 11) is -2.23. The first-order valence-corrected chi connectivity index (χ1v) is 7.77. The highest BCUT2D eigenvalue weighted by molar-refractivity contribution is 7.86. The Kier molecular flexibility index (Phi) is 3.78. The maximum absolute atomic E-state index is 12.2. The van der Waals surface area contributed by atoms with Crippen LogP contribution >= 0.6 is 0 Å². The molecule has 7 heteroatoms. The lowest BCUT2D eigenvalue weighted by molar-refractivity contribution is -0.0133. The van der Waals surface area contributed by atoms with E-state index < -0.39 is 22.3 Å².